The van der Waals surface area contributed by atoms with Crippen molar-refractivity contribution >= 4 is 0 Å². The van der Waals surface area contributed by atoms with Gasteiger partial charge >= 0.3 is 0 Å². The minimum Gasteiger partial charge on any atom is -0.390 e. The lowest BCUT2D eigenvalue weighted by Crippen LogP contribution is -2.38. The van der Waals surface area contributed by atoms with Crippen molar-refractivity contribution in [3.63, 3.8) is 0 Å². The maximum Gasteiger partial charge on any atom is 0.158 e. The van der Waals surface area contributed by atoms with Gasteiger partial charge in [-0.3, -0.25) is 0 Å². The van der Waals surface area contributed by atoms with E-state index in [2.05, 4.69) is 6.92 Å². The molecule has 1 heterocycles. The lowest BCUT2D eigenvalue weighted by molar-refractivity contribution is -0.217. The van der Waals surface area contributed by atoms with E-state index in [1.165, 1.54) is 32.1 Å². The predicted molar refractivity (Wildman–Crippen MR) is 68.9 cm³/mol. The molecule has 0 radical (unpaired) electrons. The lowest BCUT2D eigenvalue weighted by Gasteiger charge is -2.31. The van der Waals surface area contributed by atoms with E-state index < -0.39 is 0 Å². The van der Waals surface area contributed by atoms with E-state index in [-0.39, 0.29) is 18.5 Å². The van der Waals surface area contributed by atoms with Gasteiger partial charge in [0, 0.05) is 13.0 Å². The van der Waals surface area contributed by atoms with Crippen molar-refractivity contribution in [2.75, 3.05) is 6.61 Å². The van der Waals surface area contributed by atoms with Crippen LogP contribution < -0.4 is 0 Å². The van der Waals surface area contributed by atoms with Gasteiger partial charge in [-0.15, -0.1) is 0 Å². The Morgan fingerprint density at radius 3 is 2.53 bits per heavy atom. The third-order valence-electron chi connectivity index (χ3n) is 3.41. The average molecular weight is 244 g/mol. The lowest BCUT2D eigenvalue weighted by atomic mass is 10.1. The molecular weight excluding hydrogens is 216 g/mol. The average Bonchev–Trinajstić information content (AvgIpc) is 2.32. The molecule has 0 aliphatic carbocycles. The quantitative estimate of drug-likeness (QED) is 0.666. The van der Waals surface area contributed by atoms with Gasteiger partial charge in [-0.1, -0.05) is 39.0 Å². The molecule has 0 saturated carbocycles. The van der Waals surface area contributed by atoms with Gasteiger partial charge in [-0.2, -0.15) is 0 Å². The van der Waals surface area contributed by atoms with Crippen LogP contribution in [0, 0.1) is 0 Å². The third kappa shape index (κ3) is 6.39. The summed E-state index contributed by atoms with van der Waals surface area (Å²) in [5, 5.41) is 9.51. The normalized spacial score (nSPS) is 29.5. The minimum absolute atomic E-state index is 0.0849. The number of hydrogen-bond donors (Lipinski definition) is 1. The Balaban J connectivity index is 1.92. The van der Waals surface area contributed by atoms with Crippen molar-refractivity contribution in [2.45, 2.75) is 83.7 Å². The molecule has 1 aliphatic heterocycles. The molecule has 0 amide bonds. The van der Waals surface area contributed by atoms with Crippen molar-refractivity contribution in [2.24, 2.45) is 0 Å². The Kier molecular flexibility index (Phi) is 7.82. The van der Waals surface area contributed by atoms with Crippen molar-refractivity contribution in [3.8, 4) is 0 Å². The molecule has 0 bridgehead atoms. The van der Waals surface area contributed by atoms with Gasteiger partial charge in [0.05, 0.1) is 12.2 Å². The molecule has 1 saturated heterocycles. The van der Waals surface area contributed by atoms with Crippen LogP contribution in [0.3, 0.4) is 0 Å². The molecule has 1 fully saturated rings. The van der Waals surface area contributed by atoms with Crippen LogP contribution in [0.15, 0.2) is 0 Å². The molecule has 0 aromatic carbocycles. The highest BCUT2D eigenvalue weighted by atomic mass is 16.7. The van der Waals surface area contributed by atoms with Crippen molar-refractivity contribution in [1.29, 1.82) is 0 Å². The Morgan fingerprint density at radius 1 is 1.12 bits per heavy atom. The zero-order chi connectivity index (χ0) is 12.5. The fraction of sp³-hybridized carbons (Fsp3) is 1.00. The Labute approximate surface area is 105 Å². The van der Waals surface area contributed by atoms with Gasteiger partial charge in [0.25, 0.3) is 0 Å². The molecule has 0 spiro atoms. The molecule has 1 N–H and O–H groups in total. The van der Waals surface area contributed by atoms with Crippen LogP contribution in [0.1, 0.15) is 65.2 Å². The van der Waals surface area contributed by atoms with Crippen LogP contribution in [-0.4, -0.2) is 30.2 Å². The SMILES string of the molecule is CCCCCCCCOC1CCC(O)[C@H](C)O1. The van der Waals surface area contributed by atoms with E-state index >= 15 is 0 Å². The smallest absolute Gasteiger partial charge is 0.158 e. The standard InChI is InChI=1S/C14H28O3/c1-3-4-5-6-7-8-11-16-14-10-9-13(15)12(2)17-14/h12-15H,3-11H2,1-2H3/t12-,13?,14?/m0/s1. The van der Waals surface area contributed by atoms with Crippen LogP contribution in [0.25, 0.3) is 0 Å². The summed E-state index contributed by atoms with van der Waals surface area (Å²) in [6.07, 6.45) is 8.81. The zero-order valence-electron chi connectivity index (χ0n) is 11.4. The Morgan fingerprint density at radius 2 is 1.82 bits per heavy atom. The number of ether oxygens (including phenoxy) is 2. The van der Waals surface area contributed by atoms with Crippen LogP contribution in [-0.2, 0) is 9.47 Å². The number of aliphatic hydroxyl groups is 1. The molecule has 3 heteroatoms. The monoisotopic (exact) mass is 244 g/mol. The molecule has 1 aliphatic rings. The van der Waals surface area contributed by atoms with Crippen LogP contribution in [0.5, 0.6) is 0 Å². The van der Waals surface area contributed by atoms with Gasteiger partial charge in [0.15, 0.2) is 6.29 Å². The molecule has 102 valence electrons. The minimum atomic E-state index is -0.316. The first-order valence-electron chi connectivity index (χ1n) is 7.19. The number of aliphatic hydroxyl groups excluding tert-OH is 1. The van der Waals surface area contributed by atoms with Gasteiger partial charge < -0.3 is 14.6 Å². The first kappa shape index (κ1) is 14.9. The maximum atomic E-state index is 9.51. The topological polar surface area (TPSA) is 38.7 Å². The number of rotatable bonds is 8. The molecule has 3 atom stereocenters. The fourth-order valence-corrected chi connectivity index (χ4v) is 2.16. The van der Waals surface area contributed by atoms with Crippen LogP contribution in [0.2, 0.25) is 0 Å². The summed E-state index contributed by atoms with van der Waals surface area (Å²) in [5.41, 5.74) is 0. The highest BCUT2D eigenvalue weighted by molar-refractivity contribution is 4.71. The van der Waals surface area contributed by atoms with E-state index in [4.69, 9.17) is 9.47 Å². The summed E-state index contributed by atoms with van der Waals surface area (Å²) < 4.78 is 11.2. The molecule has 3 nitrogen and oxygen atoms in total. The van der Waals surface area contributed by atoms with Crippen molar-refractivity contribution < 1.29 is 14.6 Å². The largest absolute Gasteiger partial charge is 0.390 e. The highest BCUT2D eigenvalue weighted by Crippen LogP contribution is 2.20. The van der Waals surface area contributed by atoms with E-state index in [0.717, 1.165) is 25.9 Å². The van der Waals surface area contributed by atoms with E-state index in [9.17, 15) is 5.11 Å². The van der Waals surface area contributed by atoms with Crippen LogP contribution in [0.4, 0.5) is 0 Å². The van der Waals surface area contributed by atoms with E-state index in [1.807, 2.05) is 6.92 Å². The predicted octanol–water partition coefficient (Wildman–Crippen LogP) is 3.25. The summed E-state index contributed by atoms with van der Waals surface area (Å²) >= 11 is 0. The fourth-order valence-electron chi connectivity index (χ4n) is 2.16. The zero-order valence-corrected chi connectivity index (χ0v) is 11.4. The molecule has 1 rings (SSSR count). The molecule has 0 aromatic heterocycles. The summed E-state index contributed by atoms with van der Waals surface area (Å²) in [6.45, 7) is 4.93. The molecular formula is C14H28O3. The second-order valence-corrected chi connectivity index (χ2v) is 5.05. The molecule has 17 heavy (non-hydrogen) atoms. The summed E-state index contributed by atoms with van der Waals surface area (Å²) in [7, 11) is 0. The Hall–Kier alpha value is -0.120. The first-order chi connectivity index (χ1) is 8.24. The van der Waals surface area contributed by atoms with E-state index in [1.54, 1.807) is 0 Å². The van der Waals surface area contributed by atoms with Gasteiger partial charge in [-0.25, -0.2) is 0 Å². The maximum absolute atomic E-state index is 9.51. The van der Waals surface area contributed by atoms with Crippen molar-refractivity contribution in [1.82, 2.24) is 0 Å². The first-order valence-corrected chi connectivity index (χ1v) is 7.19. The second kappa shape index (κ2) is 8.90. The second-order valence-electron chi connectivity index (χ2n) is 5.05. The van der Waals surface area contributed by atoms with Gasteiger partial charge in [-0.05, 0) is 19.8 Å². The highest BCUT2D eigenvalue weighted by Gasteiger charge is 2.26. The van der Waals surface area contributed by atoms with Crippen molar-refractivity contribution in [3.05, 3.63) is 0 Å². The summed E-state index contributed by atoms with van der Waals surface area (Å²) in [4.78, 5) is 0. The molecule has 0 aromatic rings. The Bertz CT molecular complexity index is 184. The van der Waals surface area contributed by atoms with Gasteiger partial charge in [0.2, 0.25) is 0 Å². The number of unbranched alkanes of at least 4 members (excludes halogenated alkanes) is 5. The summed E-state index contributed by atoms with van der Waals surface area (Å²) in [5.74, 6) is 0. The van der Waals surface area contributed by atoms with E-state index in [0.29, 0.717) is 0 Å². The molecule has 2 unspecified atom stereocenters. The number of hydrogen-bond acceptors (Lipinski definition) is 3. The summed E-state index contributed by atoms with van der Waals surface area (Å²) in [6, 6.07) is 0. The van der Waals surface area contributed by atoms with Gasteiger partial charge in [0.1, 0.15) is 0 Å². The third-order valence-corrected chi connectivity index (χ3v) is 3.41. The van der Waals surface area contributed by atoms with Crippen LogP contribution >= 0.6 is 0 Å².